The van der Waals surface area contributed by atoms with Gasteiger partial charge in [0.05, 0.1) is 5.56 Å². The minimum Gasteiger partial charge on any atom is -0.351 e. The number of rotatable bonds is 3. The van der Waals surface area contributed by atoms with Crippen LogP contribution >= 0.6 is 11.6 Å². The molecule has 1 amide bonds. The normalized spacial score (nSPS) is 12.1. The molecule has 0 saturated carbocycles. The summed E-state index contributed by atoms with van der Waals surface area (Å²) in [7, 11) is 0. The van der Waals surface area contributed by atoms with E-state index in [0.29, 0.717) is 12.1 Å². The second-order valence-corrected chi connectivity index (χ2v) is 3.68. The number of hydrogen-bond donors (Lipinski definition) is 2. The van der Waals surface area contributed by atoms with Gasteiger partial charge in [-0.25, -0.2) is 0 Å². The fourth-order valence-corrected chi connectivity index (χ4v) is 0.964. The first-order chi connectivity index (χ1) is 6.59. The fraction of sp³-hybridized carbons (Fsp3) is 0.333. The molecule has 1 rings (SSSR count). The summed E-state index contributed by atoms with van der Waals surface area (Å²) in [6.07, 6.45) is 1.37. The van der Waals surface area contributed by atoms with Crippen LogP contribution in [0.2, 0.25) is 0 Å². The van der Waals surface area contributed by atoms with E-state index in [1.807, 2.05) is 0 Å². The van der Waals surface area contributed by atoms with Crippen LogP contribution in [0.5, 0.6) is 0 Å². The van der Waals surface area contributed by atoms with Gasteiger partial charge in [0.1, 0.15) is 0 Å². The summed E-state index contributed by atoms with van der Waals surface area (Å²) in [6.45, 7) is 2.19. The molecule has 0 aromatic carbocycles. The van der Waals surface area contributed by atoms with Gasteiger partial charge in [-0.2, -0.15) is 0 Å². The zero-order chi connectivity index (χ0) is 10.6. The molecule has 0 aliphatic rings. The Labute approximate surface area is 86.3 Å². The van der Waals surface area contributed by atoms with Gasteiger partial charge in [0.15, 0.2) is 0 Å². The van der Waals surface area contributed by atoms with Crippen LogP contribution in [0, 0.1) is 0 Å². The Balaban J connectivity index is 2.61. The number of halogens is 1. The van der Waals surface area contributed by atoms with Crippen LogP contribution in [0.15, 0.2) is 23.1 Å². The predicted molar refractivity (Wildman–Crippen MR) is 54.7 cm³/mol. The number of hydrogen-bond acceptors (Lipinski definition) is 2. The summed E-state index contributed by atoms with van der Waals surface area (Å²) in [4.78, 5) is 24.5. The van der Waals surface area contributed by atoms with Crippen LogP contribution in [0.4, 0.5) is 0 Å². The van der Waals surface area contributed by atoms with Crippen molar-refractivity contribution in [2.75, 3.05) is 6.54 Å². The molecule has 1 heterocycles. The Hall–Kier alpha value is -1.29. The quantitative estimate of drug-likeness (QED) is 0.729. The number of H-pyrrole nitrogens is 1. The summed E-state index contributed by atoms with van der Waals surface area (Å²) in [5.74, 6) is -0.242. The third-order valence-electron chi connectivity index (χ3n) is 1.59. The van der Waals surface area contributed by atoms with Crippen LogP contribution in [0.3, 0.4) is 0 Å². The lowest BCUT2D eigenvalue weighted by Gasteiger charge is -2.05. The molecule has 0 bridgehead atoms. The van der Waals surface area contributed by atoms with E-state index in [1.165, 1.54) is 18.3 Å². The maximum absolute atomic E-state index is 11.4. The van der Waals surface area contributed by atoms with Gasteiger partial charge in [0, 0.05) is 24.2 Å². The van der Waals surface area contributed by atoms with Gasteiger partial charge in [-0.3, -0.25) is 9.59 Å². The lowest BCUT2D eigenvalue weighted by Crippen LogP contribution is -2.28. The third-order valence-corrected chi connectivity index (χ3v) is 1.74. The van der Waals surface area contributed by atoms with E-state index in [-0.39, 0.29) is 16.8 Å². The number of aromatic amines is 1. The molecule has 76 valence electrons. The minimum atomic E-state index is -0.242. The molecule has 0 radical (unpaired) electrons. The number of carbonyl (C=O) groups is 1. The van der Waals surface area contributed by atoms with Crippen molar-refractivity contribution in [1.82, 2.24) is 10.3 Å². The van der Waals surface area contributed by atoms with Crippen molar-refractivity contribution < 1.29 is 4.79 Å². The first kappa shape index (κ1) is 10.8. The SMILES string of the molecule is CC(Cl)CNC(=O)c1ccc(=O)[nH]c1. The van der Waals surface area contributed by atoms with Crippen LogP contribution in [0.25, 0.3) is 0 Å². The molecular formula is C9H11ClN2O2. The van der Waals surface area contributed by atoms with E-state index in [0.717, 1.165) is 0 Å². The number of alkyl halides is 1. The predicted octanol–water partition coefficient (Wildman–Crippen LogP) is 0.732. The molecular weight excluding hydrogens is 204 g/mol. The van der Waals surface area contributed by atoms with Gasteiger partial charge in [-0.15, -0.1) is 11.6 Å². The van der Waals surface area contributed by atoms with E-state index in [2.05, 4.69) is 10.3 Å². The van der Waals surface area contributed by atoms with Crippen LogP contribution in [0.1, 0.15) is 17.3 Å². The lowest BCUT2D eigenvalue weighted by molar-refractivity contribution is 0.0953. The Kier molecular flexibility index (Phi) is 3.71. The lowest BCUT2D eigenvalue weighted by atomic mass is 10.2. The fourth-order valence-electron chi connectivity index (χ4n) is 0.887. The van der Waals surface area contributed by atoms with Crippen molar-refractivity contribution in [2.45, 2.75) is 12.3 Å². The largest absolute Gasteiger partial charge is 0.351 e. The monoisotopic (exact) mass is 214 g/mol. The molecule has 1 atom stereocenters. The first-order valence-corrected chi connectivity index (χ1v) is 4.64. The van der Waals surface area contributed by atoms with Crippen molar-refractivity contribution in [2.24, 2.45) is 0 Å². The second-order valence-electron chi connectivity index (χ2n) is 2.93. The Bertz CT molecular complexity index is 353. The Morgan fingerprint density at radius 1 is 1.64 bits per heavy atom. The molecule has 1 unspecified atom stereocenters. The molecule has 0 saturated heterocycles. The molecule has 5 heteroatoms. The van der Waals surface area contributed by atoms with Gasteiger partial charge in [-0.1, -0.05) is 0 Å². The summed E-state index contributed by atoms with van der Waals surface area (Å²) in [6, 6.07) is 2.77. The van der Waals surface area contributed by atoms with Crippen LogP contribution in [-0.4, -0.2) is 22.8 Å². The zero-order valence-electron chi connectivity index (χ0n) is 7.71. The smallest absolute Gasteiger partial charge is 0.252 e. The summed E-state index contributed by atoms with van der Waals surface area (Å²) in [5, 5.41) is 2.52. The molecule has 14 heavy (non-hydrogen) atoms. The molecule has 0 aliphatic carbocycles. The molecule has 1 aromatic heterocycles. The third kappa shape index (κ3) is 3.22. The number of aromatic nitrogens is 1. The highest BCUT2D eigenvalue weighted by atomic mass is 35.5. The molecule has 0 fully saturated rings. The summed E-state index contributed by atoms with van der Waals surface area (Å²) < 4.78 is 0. The number of nitrogens with one attached hydrogen (secondary N) is 2. The standard InChI is InChI=1S/C9H11ClN2O2/c1-6(10)4-12-9(14)7-2-3-8(13)11-5-7/h2-3,5-6H,4H2,1H3,(H,11,13)(H,12,14). The van der Waals surface area contributed by atoms with Gasteiger partial charge in [-0.05, 0) is 13.0 Å². The number of amides is 1. The Morgan fingerprint density at radius 3 is 2.86 bits per heavy atom. The Morgan fingerprint density at radius 2 is 2.36 bits per heavy atom. The molecule has 1 aromatic rings. The average Bonchev–Trinajstić information content (AvgIpc) is 2.15. The van der Waals surface area contributed by atoms with E-state index in [9.17, 15) is 9.59 Å². The topological polar surface area (TPSA) is 62.0 Å². The number of carbonyl (C=O) groups excluding carboxylic acids is 1. The maximum atomic E-state index is 11.4. The van der Waals surface area contributed by atoms with Gasteiger partial charge < -0.3 is 10.3 Å². The molecule has 4 nitrogen and oxygen atoms in total. The summed E-state index contributed by atoms with van der Waals surface area (Å²) in [5.41, 5.74) is 0.189. The van der Waals surface area contributed by atoms with E-state index < -0.39 is 0 Å². The van der Waals surface area contributed by atoms with Gasteiger partial charge in [0.25, 0.3) is 5.91 Å². The average molecular weight is 215 g/mol. The van der Waals surface area contributed by atoms with Crippen molar-refractivity contribution in [1.29, 1.82) is 0 Å². The highest BCUT2D eigenvalue weighted by Crippen LogP contribution is 1.95. The van der Waals surface area contributed by atoms with E-state index in [4.69, 9.17) is 11.6 Å². The highest BCUT2D eigenvalue weighted by molar-refractivity contribution is 6.20. The second kappa shape index (κ2) is 4.81. The zero-order valence-corrected chi connectivity index (χ0v) is 8.47. The van der Waals surface area contributed by atoms with Crippen LogP contribution < -0.4 is 10.9 Å². The van der Waals surface area contributed by atoms with Crippen molar-refractivity contribution >= 4 is 17.5 Å². The minimum absolute atomic E-state index is 0.110. The molecule has 0 aliphatic heterocycles. The highest BCUT2D eigenvalue weighted by Gasteiger charge is 2.05. The first-order valence-electron chi connectivity index (χ1n) is 4.20. The van der Waals surface area contributed by atoms with Gasteiger partial charge >= 0.3 is 0 Å². The summed E-state index contributed by atoms with van der Waals surface area (Å²) >= 11 is 5.66. The number of pyridine rings is 1. The molecule has 2 N–H and O–H groups in total. The van der Waals surface area contributed by atoms with Crippen molar-refractivity contribution in [3.05, 3.63) is 34.2 Å². The maximum Gasteiger partial charge on any atom is 0.252 e. The van der Waals surface area contributed by atoms with Crippen molar-refractivity contribution in [3.8, 4) is 0 Å². The van der Waals surface area contributed by atoms with E-state index >= 15 is 0 Å². The van der Waals surface area contributed by atoms with Crippen LogP contribution in [-0.2, 0) is 0 Å². The van der Waals surface area contributed by atoms with Gasteiger partial charge in [0.2, 0.25) is 5.56 Å². The van der Waals surface area contributed by atoms with E-state index in [1.54, 1.807) is 6.92 Å². The van der Waals surface area contributed by atoms with Crippen molar-refractivity contribution in [3.63, 3.8) is 0 Å². The molecule has 0 spiro atoms.